The molecule has 0 spiro atoms. The molecule has 1 aromatic heterocycles. The summed E-state index contributed by atoms with van der Waals surface area (Å²) in [4.78, 5) is 0. The highest BCUT2D eigenvalue weighted by atomic mass is 19.1. The van der Waals surface area contributed by atoms with Gasteiger partial charge in [-0.1, -0.05) is 0 Å². The Morgan fingerprint density at radius 1 is 1.33 bits per heavy atom. The maximum absolute atomic E-state index is 13.8. The molecule has 0 amide bonds. The molecule has 0 bridgehead atoms. The molecule has 0 aliphatic carbocycles. The molecule has 0 saturated carbocycles. The highest BCUT2D eigenvalue weighted by molar-refractivity contribution is 5.31. The Morgan fingerprint density at radius 2 is 2.00 bits per heavy atom. The predicted octanol–water partition coefficient (Wildman–Crippen LogP) is 1.87. The molecule has 1 aromatic carbocycles. The standard InChI is InChI=1S/C12H11F2N3O/c1-8-12(18-8,5-17-6-15-16-7-17)10-4-9(13)2-3-11(10)14/h2-4,6-8H,5H2,1H3. The molecule has 0 radical (unpaired) electrons. The number of hydrogen-bond donors (Lipinski definition) is 0. The van der Waals surface area contributed by atoms with Crippen molar-refractivity contribution in [3.05, 3.63) is 48.1 Å². The van der Waals surface area contributed by atoms with Crippen LogP contribution in [0.5, 0.6) is 0 Å². The minimum absolute atomic E-state index is 0.170. The van der Waals surface area contributed by atoms with E-state index in [0.29, 0.717) is 6.54 Å². The zero-order chi connectivity index (χ0) is 12.8. The van der Waals surface area contributed by atoms with E-state index >= 15 is 0 Å². The normalized spacial score (nSPS) is 26.3. The van der Waals surface area contributed by atoms with E-state index in [9.17, 15) is 8.78 Å². The Morgan fingerprint density at radius 3 is 2.61 bits per heavy atom. The van der Waals surface area contributed by atoms with Gasteiger partial charge in [0, 0.05) is 5.56 Å². The summed E-state index contributed by atoms with van der Waals surface area (Å²) in [6.45, 7) is 2.19. The first-order valence-electron chi connectivity index (χ1n) is 5.57. The lowest BCUT2D eigenvalue weighted by molar-refractivity contribution is 0.264. The molecule has 4 nitrogen and oxygen atoms in total. The Labute approximate surface area is 102 Å². The van der Waals surface area contributed by atoms with Crippen molar-refractivity contribution in [1.29, 1.82) is 0 Å². The number of epoxide rings is 1. The monoisotopic (exact) mass is 251 g/mol. The molecule has 18 heavy (non-hydrogen) atoms. The van der Waals surface area contributed by atoms with Gasteiger partial charge in [-0.3, -0.25) is 0 Å². The summed E-state index contributed by atoms with van der Waals surface area (Å²) < 4.78 is 34.3. The number of benzene rings is 1. The van der Waals surface area contributed by atoms with Gasteiger partial charge in [-0.2, -0.15) is 0 Å². The fraction of sp³-hybridized carbons (Fsp3) is 0.333. The van der Waals surface area contributed by atoms with Gasteiger partial charge >= 0.3 is 0 Å². The maximum atomic E-state index is 13.8. The third-order valence-corrected chi connectivity index (χ3v) is 3.25. The van der Waals surface area contributed by atoms with Crippen LogP contribution in [0.1, 0.15) is 12.5 Å². The first-order valence-corrected chi connectivity index (χ1v) is 5.57. The summed E-state index contributed by atoms with van der Waals surface area (Å²) in [7, 11) is 0. The predicted molar refractivity (Wildman–Crippen MR) is 58.6 cm³/mol. The van der Waals surface area contributed by atoms with Crippen LogP contribution in [0.15, 0.2) is 30.9 Å². The fourth-order valence-corrected chi connectivity index (χ4v) is 2.21. The van der Waals surface area contributed by atoms with Gasteiger partial charge in [-0.05, 0) is 25.1 Å². The molecule has 1 aliphatic heterocycles. The molecule has 1 fully saturated rings. The van der Waals surface area contributed by atoms with Crippen molar-refractivity contribution in [2.75, 3.05) is 0 Å². The average Bonchev–Trinajstić information content (AvgIpc) is 2.77. The number of rotatable bonds is 3. The highest BCUT2D eigenvalue weighted by Crippen LogP contribution is 2.48. The van der Waals surface area contributed by atoms with Gasteiger partial charge in [-0.15, -0.1) is 10.2 Å². The third kappa shape index (κ3) is 1.69. The van der Waals surface area contributed by atoms with Crippen molar-refractivity contribution >= 4 is 0 Å². The lowest BCUT2D eigenvalue weighted by atomic mass is 9.95. The molecular formula is C12H11F2N3O. The van der Waals surface area contributed by atoms with Crippen LogP contribution in [0.25, 0.3) is 0 Å². The second kappa shape index (κ2) is 3.84. The molecule has 3 rings (SSSR count). The van der Waals surface area contributed by atoms with Gasteiger partial charge < -0.3 is 9.30 Å². The smallest absolute Gasteiger partial charge is 0.140 e. The van der Waals surface area contributed by atoms with Gasteiger partial charge in [-0.25, -0.2) is 8.78 Å². The summed E-state index contributed by atoms with van der Waals surface area (Å²) in [6, 6.07) is 3.40. The van der Waals surface area contributed by atoms with E-state index in [2.05, 4.69) is 10.2 Å². The summed E-state index contributed by atoms with van der Waals surface area (Å²) in [5.74, 6) is -0.939. The molecule has 2 heterocycles. The second-order valence-corrected chi connectivity index (χ2v) is 4.41. The van der Waals surface area contributed by atoms with E-state index in [4.69, 9.17) is 4.74 Å². The molecule has 1 aliphatic rings. The third-order valence-electron chi connectivity index (χ3n) is 3.25. The lowest BCUT2D eigenvalue weighted by Gasteiger charge is -2.14. The first-order chi connectivity index (χ1) is 8.62. The van der Waals surface area contributed by atoms with E-state index in [1.165, 1.54) is 18.7 Å². The first kappa shape index (κ1) is 11.3. The number of ether oxygens (including phenoxy) is 1. The molecule has 6 heteroatoms. The average molecular weight is 251 g/mol. The number of nitrogens with zero attached hydrogens (tertiary/aromatic N) is 3. The Bertz CT molecular complexity index is 573. The largest absolute Gasteiger partial charge is 0.359 e. The molecule has 2 atom stereocenters. The summed E-state index contributed by atoms with van der Waals surface area (Å²) in [6.07, 6.45) is 2.87. The van der Waals surface area contributed by atoms with Crippen LogP contribution < -0.4 is 0 Å². The van der Waals surface area contributed by atoms with Crippen LogP contribution >= 0.6 is 0 Å². The molecule has 94 valence electrons. The Hall–Kier alpha value is -1.82. The van der Waals surface area contributed by atoms with Crippen molar-refractivity contribution in [1.82, 2.24) is 14.8 Å². The summed E-state index contributed by atoms with van der Waals surface area (Å²) in [5.41, 5.74) is -0.585. The Balaban J connectivity index is 1.99. The SMILES string of the molecule is CC1OC1(Cn1cnnc1)c1cc(F)ccc1F. The van der Waals surface area contributed by atoms with Crippen LogP contribution in [-0.2, 0) is 16.9 Å². The minimum atomic E-state index is -0.825. The minimum Gasteiger partial charge on any atom is -0.359 e. The lowest BCUT2D eigenvalue weighted by Crippen LogP contribution is -2.21. The molecule has 1 saturated heterocycles. The maximum Gasteiger partial charge on any atom is 0.140 e. The van der Waals surface area contributed by atoms with E-state index in [-0.39, 0.29) is 11.7 Å². The van der Waals surface area contributed by atoms with E-state index in [1.54, 1.807) is 4.57 Å². The van der Waals surface area contributed by atoms with Crippen LogP contribution in [0.3, 0.4) is 0 Å². The van der Waals surface area contributed by atoms with Crippen LogP contribution in [-0.4, -0.2) is 20.9 Å². The molecule has 0 N–H and O–H groups in total. The quantitative estimate of drug-likeness (QED) is 0.782. The van der Waals surface area contributed by atoms with Crippen LogP contribution in [0.2, 0.25) is 0 Å². The van der Waals surface area contributed by atoms with Crippen molar-refractivity contribution < 1.29 is 13.5 Å². The van der Waals surface area contributed by atoms with Crippen LogP contribution in [0, 0.1) is 11.6 Å². The summed E-state index contributed by atoms with van der Waals surface area (Å²) in [5, 5.41) is 7.36. The topological polar surface area (TPSA) is 43.2 Å². The van der Waals surface area contributed by atoms with E-state index in [0.717, 1.165) is 12.1 Å². The van der Waals surface area contributed by atoms with Crippen molar-refractivity contribution in [3.63, 3.8) is 0 Å². The van der Waals surface area contributed by atoms with E-state index < -0.39 is 17.2 Å². The van der Waals surface area contributed by atoms with Gasteiger partial charge in [0.25, 0.3) is 0 Å². The van der Waals surface area contributed by atoms with Gasteiger partial charge in [0.15, 0.2) is 0 Å². The molecular weight excluding hydrogens is 240 g/mol. The van der Waals surface area contributed by atoms with Gasteiger partial charge in [0.05, 0.1) is 12.6 Å². The number of aromatic nitrogens is 3. The van der Waals surface area contributed by atoms with Crippen molar-refractivity contribution in [3.8, 4) is 0 Å². The van der Waals surface area contributed by atoms with Crippen molar-refractivity contribution in [2.45, 2.75) is 25.2 Å². The molecule has 2 unspecified atom stereocenters. The van der Waals surface area contributed by atoms with Gasteiger partial charge in [0.1, 0.15) is 29.9 Å². The fourth-order valence-electron chi connectivity index (χ4n) is 2.21. The second-order valence-electron chi connectivity index (χ2n) is 4.41. The van der Waals surface area contributed by atoms with Gasteiger partial charge in [0.2, 0.25) is 0 Å². The zero-order valence-electron chi connectivity index (χ0n) is 9.68. The number of hydrogen-bond acceptors (Lipinski definition) is 3. The zero-order valence-corrected chi connectivity index (χ0v) is 9.68. The molecule has 2 aromatic rings. The Kier molecular flexibility index (Phi) is 2.41. The summed E-state index contributed by atoms with van der Waals surface area (Å²) >= 11 is 0. The number of halogens is 2. The van der Waals surface area contributed by atoms with Crippen LogP contribution in [0.4, 0.5) is 8.78 Å². The highest BCUT2D eigenvalue weighted by Gasteiger charge is 2.56. The van der Waals surface area contributed by atoms with Crippen molar-refractivity contribution in [2.24, 2.45) is 0 Å². The van der Waals surface area contributed by atoms with E-state index in [1.807, 2.05) is 6.92 Å².